The van der Waals surface area contributed by atoms with E-state index in [9.17, 15) is 15.2 Å². The van der Waals surface area contributed by atoms with Gasteiger partial charge in [0.1, 0.15) is 17.4 Å². The highest BCUT2D eigenvalue weighted by Gasteiger charge is 2.27. The first-order chi connectivity index (χ1) is 11.8. The molecule has 2 heterocycles. The highest BCUT2D eigenvalue weighted by molar-refractivity contribution is 5.92. The topological polar surface area (TPSA) is 92.7 Å². The SMILES string of the molecule is CCC1CN(CC(=O)Nc2oc(C)c(C)c2C#N)CCN1CC(C)O. The van der Waals surface area contributed by atoms with E-state index in [1.165, 1.54) is 0 Å². The van der Waals surface area contributed by atoms with Crippen LogP contribution in [0.25, 0.3) is 0 Å². The normalized spacial score (nSPS) is 20.2. The minimum atomic E-state index is -0.348. The molecule has 2 atom stereocenters. The maximum atomic E-state index is 12.3. The van der Waals surface area contributed by atoms with Gasteiger partial charge in [-0.1, -0.05) is 6.92 Å². The van der Waals surface area contributed by atoms with Crippen molar-refractivity contribution in [3.8, 4) is 6.07 Å². The summed E-state index contributed by atoms with van der Waals surface area (Å²) in [6, 6.07) is 2.41. The van der Waals surface area contributed by atoms with Gasteiger partial charge in [-0.2, -0.15) is 5.26 Å². The molecule has 1 fully saturated rings. The van der Waals surface area contributed by atoms with Crippen LogP contribution < -0.4 is 5.32 Å². The van der Waals surface area contributed by atoms with Crippen molar-refractivity contribution >= 4 is 11.8 Å². The third kappa shape index (κ3) is 4.82. The predicted molar refractivity (Wildman–Crippen MR) is 95.3 cm³/mol. The number of piperazine rings is 1. The van der Waals surface area contributed by atoms with Crippen LogP contribution >= 0.6 is 0 Å². The fourth-order valence-corrected chi connectivity index (χ4v) is 3.29. The van der Waals surface area contributed by atoms with E-state index in [1.54, 1.807) is 20.8 Å². The number of anilines is 1. The van der Waals surface area contributed by atoms with E-state index in [0.29, 0.717) is 23.9 Å². The molecule has 2 rings (SSSR count). The lowest BCUT2D eigenvalue weighted by Crippen LogP contribution is -2.55. The van der Waals surface area contributed by atoms with E-state index < -0.39 is 0 Å². The Morgan fingerprint density at radius 3 is 2.80 bits per heavy atom. The van der Waals surface area contributed by atoms with E-state index >= 15 is 0 Å². The number of furan rings is 1. The van der Waals surface area contributed by atoms with Crippen molar-refractivity contribution < 1.29 is 14.3 Å². The minimum absolute atomic E-state index is 0.177. The lowest BCUT2D eigenvalue weighted by molar-refractivity contribution is -0.118. The van der Waals surface area contributed by atoms with Gasteiger partial charge < -0.3 is 9.52 Å². The molecule has 0 aromatic carbocycles. The fraction of sp³-hybridized carbons (Fsp3) is 0.667. The van der Waals surface area contributed by atoms with Gasteiger partial charge >= 0.3 is 0 Å². The molecule has 1 aliphatic rings. The number of amides is 1. The molecule has 0 aliphatic carbocycles. The molecular weight excluding hydrogens is 320 g/mol. The first-order valence-electron chi connectivity index (χ1n) is 8.80. The Morgan fingerprint density at radius 1 is 1.48 bits per heavy atom. The second kappa shape index (κ2) is 8.48. The van der Waals surface area contributed by atoms with Gasteiger partial charge in [0, 0.05) is 37.8 Å². The van der Waals surface area contributed by atoms with E-state index in [-0.39, 0.29) is 24.4 Å². The van der Waals surface area contributed by atoms with E-state index in [2.05, 4.69) is 28.1 Å². The lowest BCUT2D eigenvalue weighted by Gasteiger charge is -2.41. The molecule has 1 aliphatic heterocycles. The van der Waals surface area contributed by atoms with Crippen LogP contribution in [0.15, 0.2) is 4.42 Å². The highest BCUT2D eigenvalue weighted by atomic mass is 16.4. The van der Waals surface area contributed by atoms with Crippen LogP contribution in [0.3, 0.4) is 0 Å². The second-order valence-electron chi connectivity index (χ2n) is 6.79. The third-order valence-electron chi connectivity index (χ3n) is 4.78. The lowest BCUT2D eigenvalue weighted by atomic mass is 10.1. The molecule has 1 saturated heterocycles. The first-order valence-corrected chi connectivity index (χ1v) is 8.80. The van der Waals surface area contributed by atoms with E-state index in [0.717, 1.165) is 31.6 Å². The van der Waals surface area contributed by atoms with Gasteiger partial charge in [0.15, 0.2) is 0 Å². The largest absolute Gasteiger partial charge is 0.444 e. The van der Waals surface area contributed by atoms with Crippen LogP contribution in [0.1, 0.15) is 37.2 Å². The number of rotatable bonds is 6. The van der Waals surface area contributed by atoms with Crippen molar-refractivity contribution in [3.05, 3.63) is 16.9 Å². The minimum Gasteiger partial charge on any atom is -0.444 e. The van der Waals surface area contributed by atoms with Gasteiger partial charge in [-0.05, 0) is 27.2 Å². The van der Waals surface area contributed by atoms with Crippen molar-refractivity contribution in [1.29, 1.82) is 5.26 Å². The van der Waals surface area contributed by atoms with E-state index in [1.807, 2.05) is 0 Å². The van der Waals surface area contributed by atoms with Crippen molar-refractivity contribution in [2.24, 2.45) is 0 Å². The fourth-order valence-electron chi connectivity index (χ4n) is 3.29. The molecule has 25 heavy (non-hydrogen) atoms. The molecule has 138 valence electrons. The van der Waals surface area contributed by atoms with Gasteiger partial charge in [-0.25, -0.2) is 0 Å². The van der Waals surface area contributed by atoms with Crippen LogP contribution in [0.5, 0.6) is 0 Å². The zero-order valence-corrected chi connectivity index (χ0v) is 15.5. The summed E-state index contributed by atoms with van der Waals surface area (Å²) >= 11 is 0. The number of aliphatic hydroxyl groups excluding tert-OH is 1. The predicted octanol–water partition coefficient (Wildman–Crippen LogP) is 1.48. The molecule has 7 heteroatoms. The molecule has 7 nitrogen and oxygen atoms in total. The summed E-state index contributed by atoms with van der Waals surface area (Å²) in [6.45, 7) is 10.8. The molecule has 0 radical (unpaired) electrons. The van der Waals surface area contributed by atoms with Crippen LogP contribution in [0, 0.1) is 25.2 Å². The number of nitrogens with one attached hydrogen (secondary N) is 1. The first kappa shape index (κ1) is 19.4. The second-order valence-corrected chi connectivity index (χ2v) is 6.79. The summed E-state index contributed by atoms with van der Waals surface area (Å²) in [5, 5.41) is 21.6. The van der Waals surface area contributed by atoms with Gasteiger partial charge in [0.05, 0.1) is 12.6 Å². The number of aliphatic hydroxyl groups is 1. The number of hydrogen-bond donors (Lipinski definition) is 2. The van der Waals surface area contributed by atoms with Gasteiger partial charge in [-0.3, -0.25) is 19.9 Å². The molecule has 0 bridgehead atoms. The molecule has 1 aromatic rings. The Bertz CT molecular complexity index is 647. The number of nitriles is 1. The molecule has 1 amide bonds. The number of hydrogen-bond acceptors (Lipinski definition) is 6. The highest BCUT2D eigenvalue weighted by Crippen LogP contribution is 2.25. The number of aryl methyl sites for hydroxylation is 1. The summed E-state index contributed by atoms with van der Waals surface area (Å²) in [7, 11) is 0. The van der Waals surface area contributed by atoms with Crippen LogP contribution in [0.2, 0.25) is 0 Å². The number of carbonyl (C=O) groups is 1. The Hall–Kier alpha value is -1.88. The summed E-state index contributed by atoms with van der Waals surface area (Å²) in [5.74, 6) is 0.705. The molecule has 2 unspecified atom stereocenters. The van der Waals surface area contributed by atoms with Gasteiger partial charge in [0.25, 0.3) is 0 Å². The smallest absolute Gasteiger partial charge is 0.240 e. The summed E-state index contributed by atoms with van der Waals surface area (Å²) in [6.07, 6.45) is 0.624. The third-order valence-corrected chi connectivity index (χ3v) is 4.78. The standard InChI is InChI=1S/C18H28N4O3/c1-5-15-10-21(6-7-22(15)9-12(2)23)11-17(24)20-18-16(8-19)13(3)14(4)25-18/h12,15,23H,5-7,9-11H2,1-4H3,(H,20,24). The summed E-state index contributed by atoms with van der Waals surface area (Å²) in [5.41, 5.74) is 1.15. The van der Waals surface area contributed by atoms with Crippen molar-refractivity contribution in [2.45, 2.75) is 46.3 Å². The molecule has 0 spiro atoms. The summed E-state index contributed by atoms with van der Waals surface area (Å²) in [4.78, 5) is 16.7. The quantitative estimate of drug-likeness (QED) is 0.809. The van der Waals surface area contributed by atoms with Gasteiger partial charge in [-0.15, -0.1) is 0 Å². The van der Waals surface area contributed by atoms with Crippen molar-refractivity contribution in [3.63, 3.8) is 0 Å². The van der Waals surface area contributed by atoms with Gasteiger partial charge in [0.2, 0.25) is 11.8 Å². The number of carbonyl (C=O) groups excluding carboxylic acids is 1. The van der Waals surface area contributed by atoms with Crippen molar-refractivity contribution in [2.75, 3.05) is 38.0 Å². The molecule has 2 N–H and O–H groups in total. The monoisotopic (exact) mass is 348 g/mol. The summed E-state index contributed by atoms with van der Waals surface area (Å²) < 4.78 is 5.49. The zero-order chi connectivity index (χ0) is 18.6. The average molecular weight is 348 g/mol. The molecular formula is C18H28N4O3. The Kier molecular flexibility index (Phi) is 6.59. The van der Waals surface area contributed by atoms with E-state index in [4.69, 9.17) is 4.42 Å². The average Bonchev–Trinajstić information content (AvgIpc) is 2.81. The van der Waals surface area contributed by atoms with Crippen LogP contribution in [0.4, 0.5) is 5.88 Å². The molecule has 1 aromatic heterocycles. The Morgan fingerprint density at radius 2 is 2.20 bits per heavy atom. The zero-order valence-electron chi connectivity index (χ0n) is 15.5. The number of β-amino-alcohol motifs (C(OH)–C–C–N with tert-alkyl or cyclic N) is 1. The Balaban J connectivity index is 1.93. The number of nitrogens with zero attached hydrogens (tertiary/aromatic N) is 3. The maximum absolute atomic E-state index is 12.3. The van der Waals surface area contributed by atoms with Crippen LogP contribution in [-0.2, 0) is 4.79 Å². The van der Waals surface area contributed by atoms with Crippen LogP contribution in [-0.4, -0.2) is 65.7 Å². The van der Waals surface area contributed by atoms with Crippen molar-refractivity contribution in [1.82, 2.24) is 9.80 Å². The molecule has 0 saturated carbocycles. The maximum Gasteiger partial charge on any atom is 0.240 e. The Labute approximate surface area is 149 Å².